The van der Waals surface area contributed by atoms with Crippen LogP contribution in [0.5, 0.6) is 5.75 Å². The third kappa shape index (κ3) is 2.14. The first-order valence-corrected chi connectivity index (χ1v) is 7.81. The first-order valence-electron chi connectivity index (χ1n) is 6.33. The van der Waals surface area contributed by atoms with Gasteiger partial charge in [0.15, 0.2) is 0 Å². The minimum Gasteiger partial charge on any atom is -0.495 e. The van der Waals surface area contributed by atoms with E-state index in [0.29, 0.717) is 11.4 Å². The summed E-state index contributed by atoms with van der Waals surface area (Å²) in [5.74, 6) is 0.529. The average molecular weight is 293 g/mol. The highest BCUT2D eigenvalue weighted by Gasteiger charge is 2.24. The molecule has 6 nitrogen and oxygen atoms in total. The van der Waals surface area contributed by atoms with Crippen molar-refractivity contribution >= 4 is 15.7 Å². The van der Waals surface area contributed by atoms with E-state index >= 15 is 0 Å². The number of methoxy groups -OCH3 is 1. The van der Waals surface area contributed by atoms with E-state index in [9.17, 15) is 8.42 Å². The van der Waals surface area contributed by atoms with Gasteiger partial charge in [0.2, 0.25) is 5.16 Å². The topological polar surface area (TPSA) is 84.1 Å². The zero-order valence-electron chi connectivity index (χ0n) is 11.0. The van der Waals surface area contributed by atoms with Crippen LogP contribution in [0.3, 0.4) is 0 Å². The zero-order valence-corrected chi connectivity index (χ0v) is 11.8. The predicted octanol–water partition coefficient (Wildman–Crippen LogP) is 1.71. The van der Waals surface area contributed by atoms with E-state index in [0.717, 1.165) is 24.8 Å². The standard InChI is InChI=1S/C13H15N3O3S/c1-19-11-6-5-9-3-2-4-10(9)12(11)16-20(17,18)13-14-7-8-15-13/h5-8,16H,2-4H2,1H3,(H,14,15). The first-order chi connectivity index (χ1) is 9.62. The molecule has 1 heterocycles. The van der Waals surface area contributed by atoms with Gasteiger partial charge in [-0.05, 0) is 36.5 Å². The highest BCUT2D eigenvalue weighted by molar-refractivity contribution is 7.92. The minimum atomic E-state index is -3.72. The van der Waals surface area contributed by atoms with Crippen molar-refractivity contribution in [2.75, 3.05) is 11.8 Å². The smallest absolute Gasteiger partial charge is 0.295 e. The molecule has 3 rings (SSSR count). The van der Waals surface area contributed by atoms with Crippen molar-refractivity contribution in [2.45, 2.75) is 24.4 Å². The predicted molar refractivity (Wildman–Crippen MR) is 74.4 cm³/mol. The molecular formula is C13H15N3O3S. The fraction of sp³-hybridized carbons (Fsp3) is 0.308. The molecule has 0 spiro atoms. The summed E-state index contributed by atoms with van der Waals surface area (Å²) in [6, 6.07) is 3.79. The second-order valence-corrected chi connectivity index (χ2v) is 6.23. The van der Waals surface area contributed by atoms with Crippen molar-refractivity contribution in [1.82, 2.24) is 9.97 Å². The fourth-order valence-corrected chi connectivity index (χ4v) is 3.52. The Balaban J connectivity index is 2.05. The summed E-state index contributed by atoms with van der Waals surface area (Å²) >= 11 is 0. The Hall–Kier alpha value is -2.02. The molecule has 1 aliphatic carbocycles. The number of ether oxygens (including phenoxy) is 1. The molecule has 0 radical (unpaired) electrons. The lowest BCUT2D eigenvalue weighted by atomic mass is 10.1. The molecule has 2 N–H and O–H groups in total. The van der Waals surface area contributed by atoms with Crippen molar-refractivity contribution < 1.29 is 13.2 Å². The Morgan fingerprint density at radius 1 is 1.35 bits per heavy atom. The summed E-state index contributed by atoms with van der Waals surface area (Å²) in [4.78, 5) is 6.39. The van der Waals surface area contributed by atoms with Gasteiger partial charge >= 0.3 is 0 Å². The molecule has 1 aromatic heterocycles. The number of aromatic amines is 1. The van der Waals surface area contributed by atoms with Gasteiger partial charge in [-0.15, -0.1) is 0 Å². The summed E-state index contributed by atoms with van der Waals surface area (Å²) in [5.41, 5.74) is 2.71. The van der Waals surface area contributed by atoms with E-state index in [1.807, 2.05) is 6.07 Å². The number of H-pyrrole nitrogens is 1. The van der Waals surface area contributed by atoms with Crippen LogP contribution in [-0.4, -0.2) is 25.5 Å². The molecule has 7 heteroatoms. The first kappa shape index (κ1) is 13.0. The van der Waals surface area contributed by atoms with Crippen LogP contribution in [0.4, 0.5) is 5.69 Å². The second-order valence-electron chi connectivity index (χ2n) is 4.63. The Morgan fingerprint density at radius 3 is 2.90 bits per heavy atom. The van der Waals surface area contributed by atoms with Gasteiger partial charge < -0.3 is 9.72 Å². The minimum absolute atomic E-state index is 0.102. The Labute approximate surface area is 117 Å². The van der Waals surface area contributed by atoms with Gasteiger partial charge in [0, 0.05) is 12.4 Å². The van der Waals surface area contributed by atoms with Gasteiger partial charge in [-0.2, -0.15) is 8.42 Å². The summed E-state index contributed by atoms with van der Waals surface area (Å²) in [5, 5.41) is -0.102. The molecule has 0 bridgehead atoms. The van der Waals surface area contributed by atoms with Gasteiger partial charge in [0.25, 0.3) is 10.0 Å². The van der Waals surface area contributed by atoms with Crippen LogP contribution in [0.2, 0.25) is 0 Å². The third-order valence-corrected chi connectivity index (χ3v) is 4.63. The largest absolute Gasteiger partial charge is 0.495 e. The molecule has 1 aromatic carbocycles. The highest BCUT2D eigenvalue weighted by Crippen LogP contribution is 2.37. The van der Waals surface area contributed by atoms with Gasteiger partial charge in [0.05, 0.1) is 12.8 Å². The van der Waals surface area contributed by atoms with E-state index < -0.39 is 10.0 Å². The number of aryl methyl sites for hydroxylation is 1. The summed E-state index contributed by atoms with van der Waals surface area (Å²) in [6.07, 6.45) is 5.72. The van der Waals surface area contributed by atoms with Crippen LogP contribution in [0.25, 0.3) is 0 Å². The van der Waals surface area contributed by atoms with Gasteiger partial charge in [-0.3, -0.25) is 4.72 Å². The van der Waals surface area contributed by atoms with Crippen LogP contribution in [0.15, 0.2) is 29.7 Å². The van der Waals surface area contributed by atoms with Crippen LogP contribution < -0.4 is 9.46 Å². The Kier molecular flexibility index (Phi) is 3.13. The normalized spacial score (nSPS) is 14.1. The lowest BCUT2D eigenvalue weighted by molar-refractivity contribution is 0.416. The quantitative estimate of drug-likeness (QED) is 0.898. The Morgan fingerprint density at radius 2 is 2.20 bits per heavy atom. The summed E-state index contributed by atoms with van der Waals surface area (Å²) in [7, 11) is -2.19. The number of benzene rings is 1. The second kappa shape index (κ2) is 4.82. The van der Waals surface area contributed by atoms with E-state index in [2.05, 4.69) is 14.7 Å². The van der Waals surface area contributed by atoms with E-state index in [1.165, 1.54) is 25.1 Å². The molecule has 0 unspecified atom stereocenters. The maximum absolute atomic E-state index is 12.3. The van der Waals surface area contributed by atoms with Crippen molar-refractivity contribution in [3.8, 4) is 5.75 Å². The number of sulfonamides is 1. The highest BCUT2D eigenvalue weighted by atomic mass is 32.2. The van der Waals surface area contributed by atoms with Crippen LogP contribution in [0.1, 0.15) is 17.5 Å². The summed E-state index contributed by atoms with van der Waals surface area (Å²) < 4.78 is 32.4. The third-order valence-electron chi connectivity index (χ3n) is 3.43. The fourth-order valence-electron chi connectivity index (χ4n) is 2.51. The molecule has 0 saturated heterocycles. The van der Waals surface area contributed by atoms with Crippen molar-refractivity contribution in [1.29, 1.82) is 0 Å². The number of nitrogens with zero attached hydrogens (tertiary/aromatic N) is 1. The van der Waals surface area contributed by atoms with Crippen molar-refractivity contribution in [2.24, 2.45) is 0 Å². The number of hydrogen-bond donors (Lipinski definition) is 2. The summed E-state index contributed by atoms with van der Waals surface area (Å²) in [6.45, 7) is 0. The number of rotatable bonds is 4. The Bertz CT molecular complexity index is 724. The molecular weight excluding hydrogens is 278 g/mol. The van der Waals surface area contributed by atoms with Crippen molar-refractivity contribution in [3.63, 3.8) is 0 Å². The molecule has 0 atom stereocenters. The molecule has 106 valence electrons. The zero-order chi connectivity index (χ0) is 14.2. The lowest BCUT2D eigenvalue weighted by Gasteiger charge is -2.14. The number of hydrogen-bond acceptors (Lipinski definition) is 4. The molecule has 20 heavy (non-hydrogen) atoms. The van der Waals surface area contributed by atoms with Crippen LogP contribution >= 0.6 is 0 Å². The maximum atomic E-state index is 12.3. The monoisotopic (exact) mass is 293 g/mol. The van der Waals surface area contributed by atoms with E-state index in [4.69, 9.17) is 4.74 Å². The maximum Gasteiger partial charge on any atom is 0.295 e. The average Bonchev–Trinajstić information content (AvgIpc) is 3.10. The number of fused-ring (bicyclic) bond motifs is 1. The molecule has 1 aliphatic rings. The number of nitrogens with one attached hydrogen (secondary N) is 2. The van der Waals surface area contributed by atoms with E-state index in [-0.39, 0.29) is 5.16 Å². The van der Waals surface area contributed by atoms with E-state index in [1.54, 1.807) is 6.07 Å². The lowest BCUT2D eigenvalue weighted by Crippen LogP contribution is -2.16. The number of imidazole rings is 1. The molecule has 0 fully saturated rings. The van der Waals surface area contributed by atoms with Gasteiger partial charge in [-0.25, -0.2) is 4.98 Å². The van der Waals surface area contributed by atoms with Crippen LogP contribution in [-0.2, 0) is 22.9 Å². The van der Waals surface area contributed by atoms with Gasteiger partial charge in [0.1, 0.15) is 5.75 Å². The number of anilines is 1. The molecule has 0 amide bonds. The molecule has 2 aromatic rings. The SMILES string of the molecule is COc1ccc2c(c1NS(=O)(=O)c1ncc[nH]1)CCC2. The van der Waals surface area contributed by atoms with Crippen molar-refractivity contribution in [3.05, 3.63) is 35.7 Å². The van der Waals surface area contributed by atoms with Gasteiger partial charge in [-0.1, -0.05) is 6.07 Å². The van der Waals surface area contributed by atoms with Crippen LogP contribution in [0, 0.1) is 0 Å². The molecule has 0 aliphatic heterocycles. The molecule has 0 saturated carbocycles. The number of aromatic nitrogens is 2.